The normalized spacial score (nSPS) is 11.4. The van der Waals surface area contributed by atoms with Crippen LogP contribution in [0.15, 0.2) is 12.3 Å². The molecule has 0 unspecified atom stereocenters. The fourth-order valence-electron chi connectivity index (χ4n) is 1.20. The molecular weight excluding hydrogens is 285 g/mol. The van der Waals surface area contributed by atoms with E-state index in [1.54, 1.807) is 13.0 Å². The molecule has 1 aromatic rings. The van der Waals surface area contributed by atoms with Gasteiger partial charge in [0.05, 0.1) is 24.9 Å². The van der Waals surface area contributed by atoms with E-state index in [1.165, 1.54) is 6.20 Å². The Morgan fingerprint density at radius 2 is 2.21 bits per heavy atom. The van der Waals surface area contributed by atoms with E-state index in [1.807, 2.05) is 0 Å². The molecule has 1 aromatic heterocycles. The molecule has 1 N–H and O–H groups in total. The first-order valence-electron chi connectivity index (χ1n) is 5.34. The van der Waals surface area contributed by atoms with E-state index < -0.39 is 18.7 Å². The van der Waals surface area contributed by atoms with Crippen molar-refractivity contribution < 1.29 is 22.7 Å². The zero-order valence-electron chi connectivity index (χ0n) is 10.1. The largest absolute Gasteiger partial charge is 0.411 e. The number of aryl methyl sites for hydroxylation is 1. The predicted octanol–water partition coefficient (Wildman–Crippen LogP) is 2.95. The quantitative estimate of drug-likeness (QED) is 0.671. The first-order valence-corrected chi connectivity index (χ1v) is 5.72. The lowest BCUT2D eigenvalue weighted by Crippen LogP contribution is -2.20. The summed E-state index contributed by atoms with van der Waals surface area (Å²) in [5.74, 6) is -0.453. The van der Waals surface area contributed by atoms with Crippen LogP contribution < -0.4 is 5.32 Å². The Morgan fingerprint density at radius 1 is 1.53 bits per heavy atom. The highest BCUT2D eigenvalue weighted by Gasteiger charge is 2.27. The summed E-state index contributed by atoms with van der Waals surface area (Å²) in [5.41, 5.74) is 1.12. The Hall–Kier alpha value is -1.34. The molecule has 0 radical (unpaired) electrons. The molecular formula is C11H12ClF3N2O2. The molecule has 106 valence electrons. The number of pyridine rings is 1. The number of alkyl halides is 3. The minimum atomic E-state index is -4.38. The average Bonchev–Trinajstić information content (AvgIpc) is 2.28. The second-order valence-corrected chi connectivity index (χ2v) is 4.16. The van der Waals surface area contributed by atoms with Crippen molar-refractivity contribution in [2.45, 2.75) is 19.5 Å². The number of carbonyl (C=O) groups excluding carboxylic acids is 1. The maximum atomic E-state index is 11.8. The summed E-state index contributed by atoms with van der Waals surface area (Å²) in [5, 5.41) is 2.81. The van der Waals surface area contributed by atoms with Gasteiger partial charge in [0.2, 0.25) is 5.91 Å². The monoisotopic (exact) mass is 296 g/mol. The summed E-state index contributed by atoms with van der Waals surface area (Å²) in [7, 11) is 0. The van der Waals surface area contributed by atoms with E-state index >= 15 is 0 Å². The summed E-state index contributed by atoms with van der Waals surface area (Å²) in [6, 6.07) is 1.61. The molecule has 1 amide bonds. The highest BCUT2D eigenvalue weighted by Crippen LogP contribution is 2.16. The zero-order chi connectivity index (χ0) is 14.5. The molecule has 0 aliphatic heterocycles. The van der Waals surface area contributed by atoms with Gasteiger partial charge in [-0.25, -0.2) is 4.98 Å². The molecule has 1 heterocycles. The van der Waals surface area contributed by atoms with E-state index in [-0.39, 0.29) is 13.0 Å². The van der Waals surface area contributed by atoms with Crippen molar-refractivity contribution in [3.8, 4) is 0 Å². The third kappa shape index (κ3) is 6.40. The predicted molar refractivity (Wildman–Crippen MR) is 64.1 cm³/mol. The Bertz CT molecular complexity index is 452. The van der Waals surface area contributed by atoms with Crippen LogP contribution >= 0.6 is 11.6 Å². The van der Waals surface area contributed by atoms with Crippen molar-refractivity contribution in [3.05, 3.63) is 23.0 Å². The van der Waals surface area contributed by atoms with Gasteiger partial charge < -0.3 is 10.1 Å². The van der Waals surface area contributed by atoms with Gasteiger partial charge in [0.15, 0.2) is 0 Å². The molecule has 0 saturated heterocycles. The van der Waals surface area contributed by atoms with Gasteiger partial charge in [-0.1, -0.05) is 11.6 Å². The number of anilines is 1. The standard InChI is InChI=1S/C11H12ClF3N2O2/c1-7-4-8(5-16-10(7)12)17-9(18)2-3-19-6-11(13,14)15/h4-5H,2-3,6H2,1H3,(H,17,18). The van der Waals surface area contributed by atoms with E-state index in [0.717, 1.165) is 0 Å². The Balaban J connectivity index is 2.33. The number of nitrogens with zero attached hydrogens (tertiary/aromatic N) is 1. The van der Waals surface area contributed by atoms with Crippen LogP contribution in [0, 0.1) is 6.92 Å². The zero-order valence-corrected chi connectivity index (χ0v) is 10.8. The number of halogens is 4. The Morgan fingerprint density at radius 3 is 2.79 bits per heavy atom. The van der Waals surface area contributed by atoms with E-state index in [9.17, 15) is 18.0 Å². The molecule has 0 spiro atoms. The minimum absolute atomic E-state index is 0.169. The fourth-order valence-corrected chi connectivity index (χ4v) is 1.31. The summed E-state index contributed by atoms with van der Waals surface area (Å²) in [4.78, 5) is 15.2. The summed E-state index contributed by atoms with van der Waals surface area (Å²) < 4.78 is 39.6. The number of nitrogens with one attached hydrogen (secondary N) is 1. The second kappa shape index (κ2) is 6.72. The van der Waals surface area contributed by atoms with Crippen LogP contribution in [0.25, 0.3) is 0 Å². The number of hydrogen-bond donors (Lipinski definition) is 1. The van der Waals surface area contributed by atoms with Crippen LogP contribution in [-0.2, 0) is 9.53 Å². The topological polar surface area (TPSA) is 51.2 Å². The van der Waals surface area contributed by atoms with E-state index in [2.05, 4.69) is 15.0 Å². The van der Waals surface area contributed by atoms with Gasteiger partial charge in [0.25, 0.3) is 0 Å². The van der Waals surface area contributed by atoms with Gasteiger partial charge in [-0.3, -0.25) is 4.79 Å². The fraction of sp³-hybridized carbons (Fsp3) is 0.455. The lowest BCUT2D eigenvalue weighted by Gasteiger charge is -2.08. The van der Waals surface area contributed by atoms with E-state index in [0.29, 0.717) is 16.4 Å². The van der Waals surface area contributed by atoms with Crippen LogP contribution in [0.5, 0.6) is 0 Å². The lowest BCUT2D eigenvalue weighted by atomic mass is 10.3. The van der Waals surface area contributed by atoms with Gasteiger partial charge in [-0.2, -0.15) is 13.2 Å². The molecule has 0 aliphatic carbocycles. The summed E-state index contributed by atoms with van der Waals surface area (Å²) >= 11 is 5.71. The molecule has 0 saturated carbocycles. The Kier molecular flexibility index (Phi) is 5.56. The summed E-state index contributed by atoms with van der Waals surface area (Å²) in [6.07, 6.45) is -3.19. The Labute approximate surface area is 112 Å². The highest BCUT2D eigenvalue weighted by atomic mass is 35.5. The molecule has 0 aliphatic rings. The third-order valence-corrected chi connectivity index (χ3v) is 2.43. The number of carbonyl (C=O) groups is 1. The number of amides is 1. The van der Waals surface area contributed by atoms with Gasteiger partial charge in [-0.15, -0.1) is 0 Å². The van der Waals surface area contributed by atoms with Crippen LogP contribution in [0.2, 0.25) is 5.15 Å². The molecule has 1 rings (SSSR count). The molecule has 19 heavy (non-hydrogen) atoms. The molecule has 0 fully saturated rings. The molecule has 4 nitrogen and oxygen atoms in total. The van der Waals surface area contributed by atoms with Crippen molar-refractivity contribution >= 4 is 23.2 Å². The molecule has 0 atom stereocenters. The highest BCUT2D eigenvalue weighted by molar-refractivity contribution is 6.30. The van der Waals surface area contributed by atoms with Gasteiger partial charge in [0, 0.05) is 0 Å². The van der Waals surface area contributed by atoms with Gasteiger partial charge in [0.1, 0.15) is 11.8 Å². The first-order chi connectivity index (χ1) is 8.78. The second-order valence-electron chi connectivity index (χ2n) is 3.80. The molecule has 0 bridgehead atoms. The smallest absolute Gasteiger partial charge is 0.372 e. The van der Waals surface area contributed by atoms with Crippen LogP contribution in [-0.4, -0.2) is 30.3 Å². The van der Waals surface area contributed by atoms with Crippen molar-refractivity contribution in [2.75, 3.05) is 18.5 Å². The third-order valence-electron chi connectivity index (χ3n) is 2.04. The maximum absolute atomic E-state index is 11.8. The number of hydrogen-bond acceptors (Lipinski definition) is 3. The van der Waals surface area contributed by atoms with Crippen molar-refractivity contribution in [2.24, 2.45) is 0 Å². The number of aromatic nitrogens is 1. The van der Waals surface area contributed by atoms with Crippen molar-refractivity contribution in [1.82, 2.24) is 4.98 Å². The van der Waals surface area contributed by atoms with Crippen molar-refractivity contribution in [1.29, 1.82) is 0 Å². The molecule has 0 aromatic carbocycles. The number of ether oxygens (including phenoxy) is 1. The number of rotatable bonds is 5. The summed E-state index contributed by atoms with van der Waals surface area (Å²) in [6.45, 7) is 0.0602. The van der Waals surface area contributed by atoms with Crippen molar-refractivity contribution in [3.63, 3.8) is 0 Å². The minimum Gasteiger partial charge on any atom is -0.372 e. The maximum Gasteiger partial charge on any atom is 0.411 e. The SMILES string of the molecule is Cc1cc(NC(=O)CCOCC(F)(F)F)cnc1Cl. The van der Waals surface area contributed by atoms with Gasteiger partial charge in [-0.05, 0) is 18.6 Å². The van der Waals surface area contributed by atoms with Crippen LogP contribution in [0.4, 0.5) is 18.9 Å². The van der Waals surface area contributed by atoms with Crippen LogP contribution in [0.1, 0.15) is 12.0 Å². The van der Waals surface area contributed by atoms with Gasteiger partial charge >= 0.3 is 6.18 Å². The average molecular weight is 297 g/mol. The first kappa shape index (κ1) is 15.7. The molecule has 8 heteroatoms. The lowest BCUT2D eigenvalue weighted by molar-refractivity contribution is -0.174. The van der Waals surface area contributed by atoms with Crippen LogP contribution in [0.3, 0.4) is 0 Å². The van der Waals surface area contributed by atoms with E-state index in [4.69, 9.17) is 11.6 Å².